The molecule has 0 aliphatic carbocycles. The average Bonchev–Trinajstić information content (AvgIpc) is 3.24. The topological polar surface area (TPSA) is 75.0 Å². The van der Waals surface area contributed by atoms with Crippen molar-refractivity contribution in [2.24, 2.45) is 0 Å². The number of hydrogen-bond donors (Lipinski definition) is 1. The van der Waals surface area contributed by atoms with E-state index < -0.39 is 5.91 Å². The maximum atomic E-state index is 13.0. The molecule has 0 bridgehead atoms. The van der Waals surface area contributed by atoms with Crippen molar-refractivity contribution in [1.29, 1.82) is 5.26 Å². The molecule has 1 heterocycles. The van der Waals surface area contributed by atoms with Gasteiger partial charge in [-0.2, -0.15) is 5.26 Å². The van der Waals surface area contributed by atoms with Gasteiger partial charge in [-0.1, -0.05) is 44.0 Å². The van der Waals surface area contributed by atoms with Crippen LogP contribution in [0.1, 0.15) is 42.2 Å². The van der Waals surface area contributed by atoms with Crippen molar-refractivity contribution in [3.05, 3.63) is 82.1 Å². The second kappa shape index (κ2) is 11.8. The van der Waals surface area contributed by atoms with E-state index in [1.54, 1.807) is 18.3 Å². The number of hydrogen-bond acceptors (Lipinski definition) is 5. The van der Waals surface area contributed by atoms with Crippen molar-refractivity contribution in [3.8, 4) is 11.8 Å². The van der Waals surface area contributed by atoms with Gasteiger partial charge in [-0.25, -0.2) is 9.37 Å². The molecule has 0 aliphatic heterocycles. The fraction of sp³-hybridized carbons (Fsp3) is 0.240. The Bertz CT molecular complexity index is 1100. The number of carbonyl (C=O) groups is 1. The number of benzene rings is 2. The zero-order valence-corrected chi connectivity index (χ0v) is 18.6. The zero-order chi connectivity index (χ0) is 22.8. The first-order valence-corrected chi connectivity index (χ1v) is 11.2. The number of anilines is 1. The second-order valence-corrected chi connectivity index (χ2v) is 8.30. The van der Waals surface area contributed by atoms with Crippen molar-refractivity contribution in [1.82, 2.24) is 4.98 Å². The van der Waals surface area contributed by atoms with Crippen molar-refractivity contribution < 1.29 is 13.9 Å². The van der Waals surface area contributed by atoms with E-state index in [0.717, 1.165) is 41.0 Å². The number of ether oxygens (including phenoxy) is 1. The standard InChI is InChI=1S/C25H24FN3O2S/c1-2-3-4-13-31-22-11-7-18(8-12-22)14-20(16-27)24(30)29-25-28-17-23(32-25)15-19-5-9-21(26)10-6-19/h5-12,14,17H,2-4,13,15H2,1H3,(H,28,29,30). The number of carbonyl (C=O) groups excluding carboxylic acids is 1. The molecular weight excluding hydrogens is 425 g/mol. The summed E-state index contributed by atoms with van der Waals surface area (Å²) in [5.74, 6) is -0.0382. The largest absolute Gasteiger partial charge is 0.494 e. The van der Waals surface area contributed by atoms with Crippen LogP contribution in [0.25, 0.3) is 6.08 Å². The van der Waals surface area contributed by atoms with Crippen LogP contribution in [0.15, 0.2) is 60.3 Å². The summed E-state index contributed by atoms with van der Waals surface area (Å²) in [6, 6.07) is 15.5. The number of nitrogens with one attached hydrogen (secondary N) is 1. The van der Waals surface area contributed by atoms with Crippen LogP contribution in [0.2, 0.25) is 0 Å². The van der Waals surface area contributed by atoms with E-state index >= 15 is 0 Å². The molecule has 3 rings (SSSR count). The van der Waals surface area contributed by atoms with E-state index in [2.05, 4.69) is 17.2 Å². The summed E-state index contributed by atoms with van der Waals surface area (Å²) >= 11 is 1.32. The van der Waals surface area contributed by atoms with E-state index in [1.807, 2.05) is 30.3 Å². The maximum absolute atomic E-state index is 13.0. The van der Waals surface area contributed by atoms with Crippen LogP contribution >= 0.6 is 11.3 Å². The highest BCUT2D eigenvalue weighted by atomic mass is 32.1. The molecule has 0 spiro atoms. The van der Waals surface area contributed by atoms with Crippen molar-refractivity contribution in [2.45, 2.75) is 32.6 Å². The molecule has 0 saturated carbocycles. The first kappa shape index (κ1) is 23.2. The normalized spacial score (nSPS) is 11.1. The Morgan fingerprint density at radius 2 is 1.94 bits per heavy atom. The molecule has 2 aromatic carbocycles. The number of nitriles is 1. The highest BCUT2D eigenvalue weighted by Crippen LogP contribution is 2.22. The van der Waals surface area contributed by atoms with E-state index in [0.29, 0.717) is 18.2 Å². The summed E-state index contributed by atoms with van der Waals surface area (Å²) in [6.07, 6.45) is 7.07. The molecule has 0 fully saturated rings. The Kier molecular flexibility index (Phi) is 8.52. The van der Waals surface area contributed by atoms with Crippen LogP contribution in [0.5, 0.6) is 5.75 Å². The fourth-order valence-corrected chi connectivity index (χ4v) is 3.77. The second-order valence-electron chi connectivity index (χ2n) is 7.18. The number of thiazole rings is 1. The lowest BCUT2D eigenvalue weighted by molar-refractivity contribution is -0.112. The molecule has 1 amide bonds. The lowest BCUT2D eigenvalue weighted by atomic mass is 10.1. The summed E-state index contributed by atoms with van der Waals surface area (Å²) < 4.78 is 18.7. The Hall–Kier alpha value is -3.50. The summed E-state index contributed by atoms with van der Waals surface area (Å²) in [6.45, 7) is 2.82. The zero-order valence-electron chi connectivity index (χ0n) is 17.8. The molecule has 7 heteroatoms. The number of unbranched alkanes of at least 4 members (excludes halogenated alkanes) is 2. The highest BCUT2D eigenvalue weighted by molar-refractivity contribution is 7.15. The van der Waals surface area contributed by atoms with Crippen LogP contribution in [-0.4, -0.2) is 17.5 Å². The summed E-state index contributed by atoms with van der Waals surface area (Å²) in [5.41, 5.74) is 1.66. The third-order valence-electron chi connectivity index (χ3n) is 4.64. The van der Waals surface area contributed by atoms with Gasteiger partial charge in [-0.3, -0.25) is 10.1 Å². The Morgan fingerprint density at radius 3 is 2.62 bits per heavy atom. The van der Waals surface area contributed by atoms with Crippen LogP contribution < -0.4 is 10.1 Å². The van der Waals surface area contributed by atoms with Crippen molar-refractivity contribution >= 4 is 28.5 Å². The molecule has 3 aromatic rings. The first-order valence-electron chi connectivity index (χ1n) is 10.4. The van der Waals surface area contributed by atoms with Crippen molar-refractivity contribution in [2.75, 3.05) is 11.9 Å². The highest BCUT2D eigenvalue weighted by Gasteiger charge is 2.12. The van der Waals surface area contributed by atoms with Gasteiger partial charge in [-0.15, -0.1) is 11.3 Å². The molecule has 164 valence electrons. The van der Waals surface area contributed by atoms with Gasteiger partial charge in [-0.05, 0) is 47.9 Å². The molecule has 0 saturated heterocycles. The SMILES string of the molecule is CCCCCOc1ccc(C=C(C#N)C(=O)Nc2ncc(Cc3ccc(F)cc3)s2)cc1. The predicted molar refractivity (Wildman–Crippen MR) is 125 cm³/mol. The van der Waals surface area contributed by atoms with E-state index in [9.17, 15) is 14.4 Å². The predicted octanol–water partition coefficient (Wildman–Crippen LogP) is 5.99. The maximum Gasteiger partial charge on any atom is 0.268 e. The lowest BCUT2D eigenvalue weighted by Crippen LogP contribution is -2.13. The smallest absolute Gasteiger partial charge is 0.268 e. The van der Waals surface area contributed by atoms with Crippen LogP contribution in [-0.2, 0) is 11.2 Å². The van der Waals surface area contributed by atoms with Gasteiger partial charge < -0.3 is 4.74 Å². The fourth-order valence-electron chi connectivity index (χ4n) is 2.93. The minimum Gasteiger partial charge on any atom is -0.494 e. The number of halogens is 1. The lowest BCUT2D eigenvalue weighted by Gasteiger charge is -2.06. The molecule has 5 nitrogen and oxygen atoms in total. The number of nitrogens with zero attached hydrogens (tertiary/aromatic N) is 2. The Labute approximate surface area is 191 Å². The molecule has 0 radical (unpaired) electrons. The van der Waals surface area contributed by atoms with Crippen LogP contribution in [0.4, 0.5) is 9.52 Å². The summed E-state index contributed by atoms with van der Waals surface area (Å²) in [5, 5.41) is 12.5. The average molecular weight is 450 g/mol. The van der Waals surface area contributed by atoms with Gasteiger partial charge in [0.25, 0.3) is 5.91 Å². The third-order valence-corrected chi connectivity index (χ3v) is 5.55. The van der Waals surface area contributed by atoms with E-state index in [1.165, 1.54) is 29.5 Å². The quantitative estimate of drug-likeness (QED) is 0.234. The molecule has 32 heavy (non-hydrogen) atoms. The Balaban J connectivity index is 1.58. The van der Waals surface area contributed by atoms with Gasteiger partial charge in [0.2, 0.25) is 0 Å². The minimum atomic E-state index is -0.518. The first-order chi connectivity index (χ1) is 15.6. The molecule has 1 N–H and O–H groups in total. The monoisotopic (exact) mass is 449 g/mol. The number of amides is 1. The van der Waals surface area contributed by atoms with Gasteiger partial charge in [0, 0.05) is 17.5 Å². The number of rotatable bonds is 10. The van der Waals surface area contributed by atoms with E-state index in [-0.39, 0.29) is 11.4 Å². The molecule has 0 aliphatic rings. The minimum absolute atomic E-state index is 0.0168. The summed E-state index contributed by atoms with van der Waals surface area (Å²) in [7, 11) is 0. The molecule has 0 atom stereocenters. The number of aromatic nitrogens is 1. The molecule has 1 aromatic heterocycles. The molecular formula is C25H24FN3O2S. The third kappa shape index (κ3) is 7.03. The van der Waals surface area contributed by atoms with Gasteiger partial charge >= 0.3 is 0 Å². The summed E-state index contributed by atoms with van der Waals surface area (Å²) in [4.78, 5) is 17.6. The van der Waals surface area contributed by atoms with Gasteiger partial charge in [0.05, 0.1) is 6.61 Å². The van der Waals surface area contributed by atoms with Gasteiger partial charge in [0.15, 0.2) is 5.13 Å². The van der Waals surface area contributed by atoms with Crippen LogP contribution in [0, 0.1) is 17.1 Å². The molecule has 0 unspecified atom stereocenters. The Morgan fingerprint density at radius 1 is 1.19 bits per heavy atom. The van der Waals surface area contributed by atoms with Gasteiger partial charge in [0.1, 0.15) is 23.2 Å². The van der Waals surface area contributed by atoms with Crippen molar-refractivity contribution in [3.63, 3.8) is 0 Å². The van der Waals surface area contributed by atoms with E-state index in [4.69, 9.17) is 4.74 Å². The van der Waals surface area contributed by atoms with Crippen LogP contribution in [0.3, 0.4) is 0 Å².